The smallest absolute Gasteiger partial charge is 0.251 e. The van der Waals surface area contributed by atoms with Gasteiger partial charge in [0, 0.05) is 37.6 Å². The maximum Gasteiger partial charge on any atom is 0.251 e. The number of carbonyl (C=O) groups is 2. The highest BCUT2D eigenvalue weighted by molar-refractivity contribution is 5.94. The van der Waals surface area contributed by atoms with Crippen LogP contribution in [0.2, 0.25) is 0 Å². The topological polar surface area (TPSA) is 75.4 Å². The van der Waals surface area contributed by atoms with E-state index >= 15 is 0 Å². The number of nitrogens with zero attached hydrogens (tertiary/aromatic N) is 2. The molecule has 3 rings (SSSR count). The lowest BCUT2D eigenvalue weighted by atomic mass is 10.1. The van der Waals surface area contributed by atoms with Crippen molar-refractivity contribution in [2.75, 3.05) is 7.05 Å². The standard InChI is InChI=1S/C22H21N3O3/c1-23-22(27)19-9-6-18(7-10-19)15-25(16-20-5-3-13-28-20)21(26)11-8-17-4-2-12-24-14-17/h2-14H,15-16H2,1H3,(H,23,27)/b11-8+. The Hall–Kier alpha value is -3.67. The highest BCUT2D eigenvalue weighted by Crippen LogP contribution is 2.13. The maximum atomic E-state index is 12.8. The fraction of sp³-hybridized carbons (Fsp3) is 0.136. The summed E-state index contributed by atoms with van der Waals surface area (Å²) in [6.07, 6.45) is 8.22. The molecule has 2 amide bonds. The molecule has 0 atom stereocenters. The van der Waals surface area contributed by atoms with Crippen LogP contribution in [0.1, 0.15) is 27.2 Å². The number of amides is 2. The number of pyridine rings is 1. The summed E-state index contributed by atoms with van der Waals surface area (Å²) in [6.45, 7) is 0.741. The van der Waals surface area contributed by atoms with E-state index in [2.05, 4.69) is 10.3 Å². The molecule has 0 aliphatic heterocycles. The maximum absolute atomic E-state index is 12.8. The van der Waals surface area contributed by atoms with Gasteiger partial charge in [-0.15, -0.1) is 0 Å². The van der Waals surface area contributed by atoms with E-state index in [0.29, 0.717) is 24.4 Å². The minimum absolute atomic E-state index is 0.143. The first kappa shape index (κ1) is 19.1. The largest absolute Gasteiger partial charge is 0.467 e. The number of carbonyl (C=O) groups excluding carboxylic acids is 2. The predicted molar refractivity (Wildman–Crippen MR) is 106 cm³/mol. The molecule has 28 heavy (non-hydrogen) atoms. The number of benzene rings is 1. The predicted octanol–water partition coefficient (Wildman–Crippen LogP) is 3.28. The van der Waals surface area contributed by atoms with Gasteiger partial charge < -0.3 is 14.6 Å². The molecule has 1 N–H and O–H groups in total. The molecule has 2 aromatic heterocycles. The van der Waals surface area contributed by atoms with Gasteiger partial charge in [-0.1, -0.05) is 18.2 Å². The number of hydrogen-bond acceptors (Lipinski definition) is 4. The van der Waals surface area contributed by atoms with Crippen molar-refractivity contribution >= 4 is 17.9 Å². The third-order valence-electron chi connectivity index (χ3n) is 4.16. The first-order valence-electron chi connectivity index (χ1n) is 8.86. The van der Waals surface area contributed by atoms with Crippen LogP contribution < -0.4 is 5.32 Å². The van der Waals surface area contributed by atoms with E-state index in [-0.39, 0.29) is 11.8 Å². The summed E-state index contributed by atoms with van der Waals surface area (Å²) in [5.41, 5.74) is 2.35. The van der Waals surface area contributed by atoms with Crippen LogP contribution in [0.15, 0.2) is 77.7 Å². The Morgan fingerprint density at radius 2 is 1.93 bits per heavy atom. The van der Waals surface area contributed by atoms with Gasteiger partial charge in [0.15, 0.2) is 0 Å². The second kappa shape index (κ2) is 9.32. The van der Waals surface area contributed by atoms with Gasteiger partial charge in [0.2, 0.25) is 5.91 Å². The Labute approximate surface area is 163 Å². The van der Waals surface area contributed by atoms with Gasteiger partial charge in [0.05, 0.1) is 12.8 Å². The van der Waals surface area contributed by atoms with Crippen LogP contribution in [0.4, 0.5) is 0 Å². The minimum atomic E-state index is -0.144. The molecule has 6 nitrogen and oxygen atoms in total. The molecule has 0 fully saturated rings. The van der Waals surface area contributed by atoms with E-state index in [0.717, 1.165) is 11.1 Å². The fourth-order valence-electron chi connectivity index (χ4n) is 2.68. The normalized spacial score (nSPS) is 10.8. The van der Waals surface area contributed by atoms with E-state index in [9.17, 15) is 9.59 Å². The number of rotatable bonds is 7. The lowest BCUT2D eigenvalue weighted by Crippen LogP contribution is -2.28. The Morgan fingerprint density at radius 1 is 1.11 bits per heavy atom. The lowest BCUT2D eigenvalue weighted by molar-refractivity contribution is -0.127. The SMILES string of the molecule is CNC(=O)c1ccc(CN(Cc2ccco2)C(=O)/C=C/c2cccnc2)cc1. The van der Waals surface area contributed by atoms with Crippen molar-refractivity contribution in [3.63, 3.8) is 0 Å². The van der Waals surface area contributed by atoms with Crippen molar-refractivity contribution in [2.45, 2.75) is 13.1 Å². The van der Waals surface area contributed by atoms with E-state index in [1.807, 2.05) is 30.3 Å². The summed E-state index contributed by atoms with van der Waals surface area (Å²) in [4.78, 5) is 30.2. The third kappa shape index (κ3) is 5.17. The van der Waals surface area contributed by atoms with Crippen LogP contribution in [-0.2, 0) is 17.9 Å². The number of hydrogen-bond donors (Lipinski definition) is 1. The molecule has 142 valence electrons. The highest BCUT2D eigenvalue weighted by Gasteiger charge is 2.14. The molecular formula is C22H21N3O3. The second-order valence-corrected chi connectivity index (χ2v) is 6.17. The van der Waals surface area contributed by atoms with Crippen molar-refractivity contribution in [2.24, 2.45) is 0 Å². The summed E-state index contributed by atoms with van der Waals surface area (Å²) in [5.74, 6) is 0.412. The number of furan rings is 1. The molecule has 1 aromatic carbocycles. The summed E-state index contributed by atoms with van der Waals surface area (Å²) < 4.78 is 5.40. The summed E-state index contributed by atoms with van der Waals surface area (Å²) in [6, 6.07) is 14.5. The van der Waals surface area contributed by atoms with Gasteiger partial charge >= 0.3 is 0 Å². The van der Waals surface area contributed by atoms with Crippen LogP contribution >= 0.6 is 0 Å². The molecular weight excluding hydrogens is 354 g/mol. The Balaban J connectivity index is 1.75. The van der Waals surface area contributed by atoms with E-state index < -0.39 is 0 Å². The van der Waals surface area contributed by atoms with Crippen LogP contribution in [0.25, 0.3) is 6.08 Å². The van der Waals surface area contributed by atoms with Crippen LogP contribution in [0.5, 0.6) is 0 Å². The molecule has 0 unspecified atom stereocenters. The van der Waals surface area contributed by atoms with Crippen molar-refractivity contribution in [1.82, 2.24) is 15.2 Å². The zero-order valence-electron chi connectivity index (χ0n) is 15.5. The average molecular weight is 375 g/mol. The van der Waals surface area contributed by atoms with Gasteiger partial charge in [0.1, 0.15) is 5.76 Å². The summed E-state index contributed by atoms with van der Waals surface area (Å²) in [7, 11) is 1.59. The second-order valence-electron chi connectivity index (χ2n) is 6.17. The lowest BCUT2D eigenvalue weighted by Gasteiger charge is -2.20. The van der Waals surface area contributed by atoms with Crippen LogP contribution in [0, 0.1) is 0 Å². The van der Waals surface area contributed by atoms with E-state index in [1.165, 1.54) is 6.08 Å². The molecule has 2 heterocycles. The molecule has 0 aliphatic carbocycles. The molecule has 0 radical (unpaired) electrons. The average Bonchev–Trinajstić information content (AvgIpc) is 3.25. The zero-order valence-corrected chi connectivity index (χ0v) is 15.5. The van der Waals surface area contributed by atoms with Crippen molar-refractivity contribution in [3.8, 4) is 0 Å². The zero-order chi connectivity index (χ0) is 19.8. The Kier molecular flexibility index (Phi) is 6.36. The van der Waals surface area contributed by atoms with Crippen LogP contribution in [-0.4, -0.2) is 28.7 Å². The third-order valence-corrected chi connectivity index (χ3v) is 4.16. The number of aromatic nitrogens is 1. The molecule has 0 saturated heterocycles. The molecule has 0 bridgehead atoms. The fourth-order valence-corrected chi connectivity index (χ4v) is 2.68. The van der Waals surface area contributed by atoms with E-state index in [4.69, 9.17) is 4.42 Å². The van der Waals surface area contributed by atoms with Crippen molar-refractivity contribution < 1.29 is 14.0 Å². The van der Waals surface area contributed by atoms with Crippen LogP contribution in [0.3, 0.4) is 0 Å². The minimum Gasteiger partial charge on any atom is -0.467 e. The van der Waals surface area contributed by atoms with Crippen molar-refractivity contribution in [3.05, 3.63) is 95.7 Å². The first-order valence-corrected chi connectivity index (χ1v) is 8.86. The monoisotopic (exact) mass is 375 g/mol. The van der Waals surface area contributed by atoms with Gasteiger partial charge in [-0.05, 0) is 47.5 Å². The number of nitrogens with one attached hydrogen (secondary N) is 1. The quantitative estimate of drug-likeness (QED) is 0.643. The van der Waals surface area contributed by atoms with Gasteiger partial charge in [-0.25, -0.2) is 0 Å². The molecule has 3 aromatic rings. The summed E-state index contributed by atoms with van der Waals surface area (Å²) >= 11 is 0. The highest BCUT2D eigenvalue weighted by atomic mass is 16.3. The van der Waals surface area contributed by atoms with Gasteiger partial charge in [-0.3, -0.25) is 14.6 Å². The first-order chi connectivity index (χ1) is 13.7. The van der Waals surface area contributed by atoms with Gasteiger partial charge in [0.25, 0.3) is 5.91 Å². The van der Waals surface area contributed by atoms with Crippen molar-refractivity contribution in [1.29, 1.82) is 0 Å². The Bertz CT molecular complexity index is 933. The van der Waals surface area contributed by atoms with Gasteiger partial charge in [-0.2, -0.15) is 0 Å². The molecule has 6 heteroatoms. The summed E-state index contributed by atoms with van der Waals surface area (Å²) in [5, 5.41) is 2.59. The Morgan fingerprint density at radius 3 is 2.57 bits per heavy atom. The van der Waals surface area contributed by atoms with E-state index in [1.54, 1.807) is 54.9 Å². The molecule has 0 saturated carbocycles. The molecule has 0 spiro atoms. The molecule has 0 aliphatic rings.